The van der Waals surface area contributed by atoms with Gasteiger partial charge in [-0.25, -0.2) is 0 Å². The fourth-order valence-corrected chi connectivity index (χ4v) is 0.557. The molecular weight excluding hydrogens is 116 g/mol. The van der Waals surface area contributed by atoms with E-state index in [1.165, 1.54) is 6.21 Å². The molecule has 0 saturated carbocycles. The maximum Gasteiger partial charge on any atom is 0.0436 e. The van der Waals surface area contributed by atoms with Gasteiger partial charge in [-0.15, -0.1) is 5.16 Å². The number of nitrogens with zero attached hydrogens (tertiary/aromatic N) is 2. The predicted octanol–water partition coefficient (Wildman–Crippen LogP) is 0.788. The Labute approximate surface area is 56.0 Å². The van der Waals surface area contributed by atoms with Gasteiger partial charge in [-0.2, -0.15) is 0 Å². The highest BCUT2D eigenvalue weighted by Gasteiger charge is 1.86. The van der Waals surface area contributed by atoms with Crippen LogP contribution in [0.2, 0.25) is 0 Å². The van der Waals surface area contributed by atoms with Crippen LogP contribution in [0.4, 0.5) is 0 Å². The van der Waals surface area contributed by atoms with Crippen molar-refractivity contribution in [2.75, 3.05) is 20.6 Å². The highest BCUT2D eigenvalue weighted by molar-refractivity contribution is 5.55. The van der Waals surface area contributed by atoms with Gasteiger partial charge in [0.25, 0.3) is 0 Å². The third-order valence-corrected chi connectivity index (χ3v) is 1.02. The van der Waals surface area contributed by atoms with Crippen LogP contribution in [0.5, 0.6) is 0 Å². The first-order valence-electron chi connectivity index (χ1n) is 3.08. The van der Waals surface area contributed by atoms with Gasteiger partial charge in [0, 0.05) is 6.21 Å². The third-order valence-electron chi connectivity index (χ3n) is 1.02. The SMILES string of the molecule is CN(C)CCCC=NO. The highest BCUT2D eigenvalue weighted by atomic mass is 16.4. The lowest BCUT2D eigenvalue weighted by Crippen LogP contribution is -2.12. The Balaban J connectivity index is 2.91. The molecule has 0 aromatic heterocycles. The molecule has 0 radical (unpaired) electrons. The van der Waals surface area contributed by atoms with Crippen molar-refractivity contribution in [3.05, 3.63) is 0 Å². The predicted molar refractivity (Wildman–Crippen MR) is 38.1 cm³/mol. The second kappa shape index (κ2) is 5.56. The summed E-state index contributed by atoms with van der Waals surface area (Å²) in [7, 11) is 4.05. The van der Waals surface area contributed by atoms with E-state index in [4.69, 9.17) is 5.21 Å². The smallest absolute Gasteiger partial charge is 0.0436 e. The lowest BCUT2D eigenvalue weighted by Gasteiger charge is -2.05. The van der Waals surface area contributed by atoms with Gasteiger partial charge < -0.3 is 10.1 Å². The molecule has 0 bridgehead atoms. The molecule has 9 heavy (non-hydrogen) atoms. The van der Waals surface area contributed by atoms with E-state index in [1.807, 2.05) is 14.1 Å². The number of rotatable bonds is 4. The van der Waals surface area contributed by atoms with Gasteiger partial charge in [0.05, 0.1) is 0 Å². The van der Waals surface area contributed by atoms with Crippen LogP contribution in [0.15, 0.2) is 5.16 Å². The van der Waals surface area contributed by atoms with E-state index in [2.05, 4.69) is 10.1 Å². The van der Waals surface area contributed by atoms with E-state index in [-0.39, 0.29) is 0 Å². The molecule has 0 unspecified atom stereocenters. The van der Waals surface area contributed by atoms with Crippen LogP contribution < -0.4 is 0 Å². The normalized spacial score (nSPS) is 11.4. The lowest BCUT2D eigenvalue weighted by molar-refractivity contribution is 0.319. The Morgan fingerprint density at radius 2 is 2.22 bits per heavy atom. The zero-order chi connectivity index (χ0) is 7.11. The Morgan fingerprint density at radius 3 is 2.67 bits per heavy atom. The van der Waals surface area contributed by atoms with Crippen molar-refractivity contribution >= 4 is 6.21 Å². The summed E-state index contributed by atoms with van der Waals surface area (Å²) in [6.07, 6.45) is 3.43. The molecule has 0 heterocycles. The molecule has 0 atom stereocenters. The van der Waals surface area contributed by atoms with Crippen LogP contribution in [0.25, 0.3) is 0 Å². The molecule has 54 valence electrons. The summed E-state index contributed by atoms with van der Waals surface area (Å²) in [4.78, 5) is 2.10. The number of hydrogen-bond donors (Lipinski definition) is 1. The molecule has 3 heteroatoms. The van der Waals surface area contributed by atoms with Gasteiger partial charge in [-0.3, -0.25) is 0 Å². The third kappa shape index (κ3) is 7.43. The van der Waals surface area contributed by atoms with Crippen LogP contribution in [0.3, 0.4) is 0 Å². The molecule has 0 saturated heterocycles. The second-order valence-electron chi connectivity index (χ2n) is 2.24. The number of oxime groups is 1. The molecule has 0 aromatic rings. The largest absolute Gasteiger partial charge is 0.411 e. The molecule has 0 aliphatic heterocycles. The van der Waals surface area contributed by atoms with E-state index in [0.717, 1.165) is 19.4 Å². The van der Waals surface area contributed by atoms with Crippen molar-refractivity contribution in [3.63, 3.8) is 0 Å². The molecule has 0 amide bonds. The average molecular weight is 130 g/mol. The monoisotopic (exact) mass is 130 g/mol. The van der Waals surface area contributed by atoms with Gasteiger partial charge >= 0.3 is 0 Å². The van der Waals surface area contributed by atoms with Crippen molar-refractivity contribution in [1.82, 2.24) is 4.90 Å². The fraction of sp³-hybridized carbons (Fsp3) is 0.833. The number of unbranched alkanes of at least 4 members (excludes halogenated alkanes) is 1. The first kappa shape index (κ1) is 8.43. The molecule has 0 fully saturated rings. The average Bonchev–Trinajstić information content (AvgIpc) is 1.80. The maximum absolute atomic E-state index is 7.99. The zero-order valence-corrected chi connectivity index (χ0v) is 6.04. The highest BCUT2D eigenvalue weighted by Crippen LogP contribution is 1.86. The van der Waals surface area contributed by atoms with Gasteiger partial charge in [0.15, 0.2) is 0 Å². The molecule has 0 rings (SSSR count). The summed E-state index contributed by atoms with van der Waals surface area (Å²) in [6, 6.07) is 0. The summed E-state index contributed by atoms with van der Waals surface area (Å²) in [5.74, 6) is 0. The van der Waals surface area contributed by atoms with Crippen molar-refractivity contribution in [1.29, 1.82) is 0 Å². The Bertz CT molecular complexity index is 81.1. The van der Waals surface area contributed by atoms with E-state index < -0.39 is 0 Å². The first-order chi connectivity index (χ1) is 4.27. The summed E-state index contributed by atoms with van der Waals surface area (Å²) in [5, 5.41) is 10.9. The fourth-order valence-electron chi connectivity index (χ4n) is 0.557. The summed E-state index contributed by atoms with van der Waals surface area (Å²) in [5.41, 5.74) is 0. The van der Waals surface area contributed by atoms with E-state index in [9.17, 15) is 0 Å². The molecular formula is C6H14N2O. The molecule has 0 aromatic carbocycles. The van der Waals surface area contributed by atoms with Gasteiger partial charge in [0.2, 0.25) is 0 Å². The van der Waals surface area contributed by atoms with E-state index in [1.54, 1.807) is 0 Å². The molecule has 1 N–H and O–H groups in total. The zero-order valence-electron chi connectivity index (χ0n) is 6.04. The minimum Gasteiger partial charge on any atom is -0.411 e. The van der Waals surface area contributed by atoms with Gasteiger partial charge in [-0.1, -0.05) is 0 Å². The van der Waals surface area contributed by atoms with Crippen molar-refractivity contribution in [2.24, 2.45) is 5.16 Å². The van der Waals surface area contributed by atoms with Crippen molar-refractivity contribution in [3.8, 4) is 0 Å². The summed E-state index contributed by atoms with van der Waals surface area (Å²) in [6.45, 7) is 1.05. The van der Waals surface area contributed by atoms with Gasteiger partial charge in [-0.05, 0) is 33.5 Å². The molecule has 0 aliphatic carbocycles. The second-order valence-corrected chi connectivity index (χ2v) is 2.24. The van der Waals surface area contributed by atoms with Crippen LogP contribution in [-0.2, 0) is 0 Å². The maximum atomic E-state index is 7.99. The van der Waals surface area contributed by atoms with Crippen LogP contribution in [0.1, 0.15) is 12.8 Å². The molecule has 0 aliphatic rings. The quantitative estimate of drug-likeness (QED) is 0.264. The molecule has 3 nitrogen and oxygen atoms in total. The van der Waals surface area contributed by atoms with Crippen LogP contribution >= 0.6 is 0 Å². The van der Waals surface area contributed by atoms with Crippen LogP contribution in [0, 0.1) is 0 Å². The standard InChI is InChI=1S/C6H14N2O/c1-8(2)6-4-3-5-7-9/h5,9H,3-4,6H2,1-2H3. The summed E-state index contributed by atoms with van der Waals surface area (Å²) < 4.78 is 0. The summed E-state index contributed by atoms with van der Waals surface area (Å²) >= 11 is 0. The van der Waals surface area contributed by atoms with Gasteiger partial charge in [0.1, 0.15) is 0 Å². The lowest BCUT2D eigenvalue weighted by atomic mass is 10.3. The Morgan fingerprint density at radius 1 is 1.56 bits per heavy atom. The van der Waals surface area contributed by atoms with Crippen molar-refractivity contribution in [2.45, 2.75) is 12.8 Å². The number of hydrogen-bond acceptors (Lipinski definition) is 3. The van der Waals surface area contributed by atoms with Crippen molar-refractivity contribution < 1.29 is 5.21 Å². The topological polar surface area (TPSA) is 35.8 Å². The Kier molecular flexibility index (Phi) is 5.21. The minimum atomic E-state index is 0.856. The first-order valence-corrected chi connectivity index (χ1v) is 3.08. The van der Waals surface area contributed by atoms with Crippen LogP contribution in [-0.4, -0.2) is 37.0 Å². The van der Waals surface area contributed by atoms with E-state index in [0.29, 0.717) is 0 Å². The minimum absolute atomic E-state index is 0.856. The molecule has 0 spiro atoms. The Hall–Kier alpha value is -0.570. The van der Waals surface area contributed by atoms with E-state index >= 15 is 0 Å².